The summed E-state index contributed by atoms with van der Waals surface area (Å²) in [7, 11) is 0. The van der Waals surface area contributed by atoms with E-state index < -0.39 is 0 Å². The minimum atomic E-state index is -0.241. The second-order valence-corrected chi connectivity index (χ2v) is 5.76. The lowest BCUT2D eigenvalue weighted by Gasteiger charge is -2.33. The maximum Gasteiger partial charge on any atom is 0.338 e. The van der Waals surface area contributed by atoms with Crippen LogP contribution in [0.25, 0.3) is 0 Å². The first-order valence-electron chi connectivity index (χ1n) is 7.34. The van der Waals surface area contributed by atoms with Gasteiger partial charge in [-0.1, -0.05) is 18.2 Å². The highest BCUT2D eigenvalue weighted by atomic mass is 16.5. The molecular formula is C16H21NO3. The van der Waals surface area contributed by atoms with Crippen molar-refractivity contribution in [3.05, 3.63) is 35.9 Å². The van der Waals surface area contributed by atoms with Crippen LogP contribution in [0.15, 0.2) is 30.3 Å². The zero-order valence-corrected chi connectivity index (χ0v) is 11.8. The molecule has 2 bridgehead atoms. The van der Waals surface area contributed by atoms with Gasteiger partial charge in [0, 0.05) is 19.6 Å². The fourth-order valence-electron chi connectivity index (χ4n) is 3.07. The molecule has 1 aromatic carbocycles. The summed E-state index contributed by atoms with van der Waals surface area (Å²) in [5.74, 6) is -0.241. The van der Waals surface area contributed by atoms with E-state index in [-0.39, 0.29) is 12.1 Å². The number of carbonyl (C=O) groups is 1. The lowest BCUT2D eigenvalue weighted by atomic mass is 10.2. The Labute approximate surface area is 119 Å². The van der Waals surface area contributed by atoms with Crippen molar-refractivity contribution < 1.29 is 14.3 Å². The zero-order valence-electron chi connectivity index (χ0n) is 11.8. The molecule has 2 aliphatic rings. The molecule has 0 spiro atoms. The number of ether oxygens (including phenoxy) is 2. The van der Waals surface area contributed by atoms with Crippen molar-refractivity contribution in [1.29, 1.82) is 0 Å². The fourth-order valence-corrected chi connectivity index (χ4v) is 3.07. The molecule has 3 atom stereocenters. The molecule has 2 fully saturated rings. The number of rotatable bonds is 4. The Kier molecular flexibility index (Phi) is 4.03. The molecule has 1 aromatic rings. The molecule has 0 saturated carbocycles. The van der Waals surface area contributed by atoms with E-state index in [1.807, 2.05) is 25.1 Å². The number of nitrogens with zero attached hydrogens (tertiary/aromatic N) is 1. The number of likely N-dealkylation sites (tertiary alicyclic amines) is 1. The van der Waals surface area contributed by atoms with Crippen molar-refractivity contribution >= 4 is 5.97 Å². The summed E-state index contributed by atoms with van der Waals surface area (Å²) >= 11 is 0. The van der Waals surface area contributed by atoms with Gasteiger partial charge in [0.15, 0.2) is 0 Å². The van der Waals surface area contributed by atoms with Crippen LogP contribution >= 0.6 is 0 Å². The summed E-state index contributed by atoms with van der Waals surface area (Å²) in [6.07, 6.45) is 3.00. The Morgan fingerprint density at radius 2 is 1.95 bits per heavy atom. The zero-order chi connectivity index (χ0) is 13.9. The normalized spacial score (nSPS) is 27.2. The Morgan fingerprint density at radius 1 is 1.30 bits per heavy atom. The van der Waals surface area contributed by atoms with Crippen LogP contribution in [0.4, 0.5) is 0 Å². The van der Waals surface area contributed by atoms with Crippen molar-refractivity contribution in [1.82, 2.24) is 4.90 Å². The minimum absolute atomic E-state index is 0.0970. The highest BCUT2D eigenvalue weighted by Crippen LogP contribution is 2.26. The maximum absolute atomic E-state index is 12.0. The Hall–Kier alpha value is -1.39. The summed E-state index contributed by atoms with van der Waals surface area (Å²) in [6, 6.07) is 9.15. The van der Waals surface area contributed by atoms with E-state index in [1.165, 1.54) is 12.8 Å². The number of hydrogen-bond donors (Lipinski definition) is 0. The minimum Gasteiger partial charge on any atom is -0.458 e. The lowest BCUT2D eigenvalue weighted by molar-refractivity contribution is -0.0507. The summed E-state index contributed by atoms with van der Waals surface area (Å²) in [5.41, 5.74) is 0.612. The summed E-state index contributed by atoms with van der Waals surface area (Å²) in [5, 5.41) is 0. The van der Waals surface area contributed by atoms with Crippen LogP contribution in [0.5, 0.6) is 0 Å². The Morgan fingerprint density at radius 3 is 2.60 bits per heavy atom. The van der Waals surface area contributed by atoms with Gasteiger partial charge in [0.2, 0.25) is 0 Å². The lowest BCUT2D eigenvalue weighted by Crippen LogP contribution is -2.45. The number of hydrogen-bond acceptors (Lipinski definition) is 4. The molecule has 0 unspecified atom stereocenters. The number of morpholine rings is 1. The Bertz CT molecular complexity index is 450. The average Bonchev–Trinajstić information content (AvgIpc) is 2.78. The van der Waals surface area contributed by atoms with Gasteiger partial charge < -0.3 is 9.47 Å². The number of benzene rings is 1. The molecule has 2 saturated heterocycles. The molecule has 0 aromatic heterocycles. The molecule has 0 N–H and O–H groups in total. The summed E-state index contributed by atoms with van der Waals surface area (Å²) in [4.78, 5) is 14.3. The third kappa shape index (κ3) is 3.19. The number of fused-ring (bicyclic) bond motifs is 2. The molecule has 2 aliphatic heterocycles. The molecule has 2 heterocycles. The van der Waals surface area contributed by atoms with Gasteiger partial charge in [-0.2, -0.15) is 0 Å². The molecule has 108 valence electrons. The molecule has 0 aliphatic carbocycles. The van der Waals surface area contributed by atoms with E-state index in [0.29, 0.717) is 17.8 Å². The molecule has 4 heteroatoms. The van der Waals surface area contributed by atoms with Gasteiger partial charge in [-0.05, 0) is 31.9 Å². The van der Waals surface area contributed by atoms with E-state index in [9.17, 15) is 4.79 Å². The number of esters is 1. The maximum atomic E-state index is 12.0. The van der Waals surface area contributed by atoms with Gasteiger partial charge in [0.1, 0.15) is 6.10 Å². The predicted molar refractivity (Wildman–Crippen MR) is 75.7 cm³/mol. The van der Waals surface area contributed by atoms with Crippen LogP contribution in [0.1, 0.15) is 30.1 Å². The van der Waals surface area contributed by atoms with E-state index in [2.05, 4.69) is 4.90 Å². The monoisotopic (exact) mass is 275 g/mol. The van der Waals surface area contributed by atoms with Gasteiger partial charge in [-0.15, -0.1) is 0 Å². The first kappa shape index (κ1) is 13.6. The molecule has 0 amide bonds. The van der Waals surface area contributed by atoms with Gasteiger partial charge in [0.25, 0.3) is 0 Å². The van der Waals surface area contributed by atoms with Crippen molar-refractivity contribution in [3.63, 3.8) is 0 Å². The Balaban J connectivity index is 1.50. The summed E-state index contributed by atoms with van der Waals surface area (Å²) < 4.78 is 11.3. The SMILES string of the molecule is C[C@H](CN1C[C@@H]2CC[C@@H](C1)O2)OC(=O)c1ccccc1. The predicted octanol–water partition coefficient (Wildman–Crippen LogP) is 2.10. The third-order valence-electron chi connectivity index (χ3n) is 3.95. The van der Waals surface area contributed by atoms with Crippen LogP contribution in [-0.2, 0) is 9.47 Å². The van der Waals surface area contributed by atoms with Crippen LogP contribution in [0, 0.1) is 0 Å². The molecule has 0 radical (unpaired) electrons. The topological polar surface area (TPSA) is 38.8 Å². The van der Waals surface area contributed by atoms with Crippen molar-refractivity contribution in [3.8, 4) is 0 Å². The largest absolute Gasteiger partial charge is 0.458 e. The van der Waals surface area contributed by atoms with E-state index in [1.54, 1.807) is 12.1 Å². The van der Waals surface area contributed by atoms with Crippen LogP contribution in [0.3, 0.4) is 0 Å². The van der Waals surface area contributed by atoms with Crippen molar-refractivity contribution in [2.24, 2.45) is 0 Å². The van der Waals surface area contributed by atoms with Crippen molar-refractivity contribution in [2.45, 2.75) is 38.1 Å². The molecule has 3 rings (SSSR count). The molecule has 20 heavy (non-hydrogen) atoms. The smallest absolute Gasteiger partial charge is 0.338 e. The highest BCUT2D eigenvalue weighted by Gasteiger charge is 2.34. The third-order valence-corrected chi connectivity index (χ3v) is 3.95. The van der Waals surface area contributed by atoms with Crippen LogP contribution < -0.4 is 0 Å². The van der Waals surface area contributed by atoms with Crippen LogP contribution in [0.2, 0.25) is 0 Å². The highest BCUT2D eigenvalue weighted by molar-refractivity contribution is 5.89. The van der Waals surface area contributed by atoms with Gasteiger partial charge in [-0.25, -0.2) is 4.79 Å². The first-order valence-corrected chi connectivity index (χ1v) is 7.34. The van der Waals surface area contributed by atoms with Crippen LogP contribution in [-0.4, -0.2) is 48.8 Å². The average molecular weight is 275 g/mol. The fraction of sp³-hybridized carbons (Fsp3) is 0.562. The summed E-state index contributed by atoms with van der Waals surface area (Å²) in [6.45, 7) is 4.67. The van der Waals surface area contributed by atoms with Crippen molar-refractivity contribution in [2.75, 3.05) is 19.6 Å². The van der Waals surface area contributed by atoms with Gasteiger partial charge in [0.05, 0.1) is 17.8 Å². The number of carbonyl (C=O) groups excluding carboxylic acids is 1. The van der Waals surface area contributed by atoms with Gasteiger partial charge in [-0.3, -0.25) is 4.90 Å². The van der Waals surface area contributed by atoms with E-state index in [0.717, 1.165) is 19.6 Å². The van der Waals surface area contributed by atoms with E-state index in [4.69, 9.17) is 9.47 Å². The molecule has 4 nitrogen and oxygen atoms in total. The van der Waals surface area contributed by atoms with Gasteiger partial charge >= 0.3 is 5.97 Å². The first-order chi connectivity index (χ1) is 9.70. The second-order valence-electron chi connectivity index (χ2n) is 5.76. The standard InChI is InChI=1S/C16H21NO3/c1-12(19-16(18)13-5-3-2-4-6-13)9-17-10-14-7-8-15(11-17)20-14/h2-6,12,14-15H,7-11H2,1H3/t12-,14+,15+/m1/s1. The second kappa shape index (κ2) is 5.94. The quantitative estimate of drug-likeness (QED) is 0.789. The van der Waals surface area contributed by atoms with E-state index >= 15 is 0 Å². The molecular weight excluding hydrogens is 254 g/mol.